The summed E-state index contributed by atoms with van der Waals surface area (Å²) in [6, 6.07) is 0. The van der Waals surface area contributed by atoms with Crippen molar-refractivity contribution in [2.24, 2.45) is 0 Å². The summed E-state index contributed by atoms with van der Waals surface area (Å²) in [5.41, 5.74) is 0. The van der Waals surface area contributed by atoms with Crippen LogP contribution >= 0.6 is 0 Å². The smallest absolute Gasteiger partial charge is 2.00 e. The molecule has 0 aromatic heterocycles. The molecule has 0 saturated carbocycles. The summed E-state index contributed by atoms with van der Waals surface area (Å²) < 4.78 is 0. The van der Waals surface area contributed by atoms with Crippen molar-refractivity contribution in [3.8, 4) is 0 Å². The third-order valence-corrected chi connectivity index (χ3v) is 0. The van der Waals surface area contributed by atoms with Crippen molar-refractivity contribution < 1.29 is 11.0 Å². The van der Waals surface area contributed by atoms with Crippen LogP contribution < -0.4 is 6.15 Å². The van der Waals surface area contributed by atoms with E-state index in [9.17, 15) is 0 Å². The summed E-state index contributed by atoms with van der Waals surface area (Å²) in [6.07, 6.45) is 0. The Morgan fingerprint density at radius 3 is 1.00 bits per heavy atom. The minimum atomic E-state index is 0. The SMILES string of the molecule is [Al+3].[Mg+2].[NH4+].[O-2].[OH3+]. The van der Waals surface area contributed by atoms with Crippen molar-refractivity contribution in [3.05, 3.63) is 0 Å². The monoisotopic (exact) mass is 104 g/mol. The van der Waals surface area contributed by atoms with Gasteiger partial charge >= 0.3 is 40.4 Å². The van der Waals surface area contributed by atoms with E-state index in [4.69, 9.17) is 0 Å². The van der Waals surface area contributed by atoms with Gasteiger partial charge in [-0.25, -0.2) is 0 Å². The zero-order chi connectivity index (χ0) is 0. The van der Waals surface area contributed by atoms with Gasteiger partial charge in [0.25, 0.3) is 0 Å². The first-order chi connectivity index (χ1) is 0. The summed E-state index contributed by atoms with van der Waals surface area (Å²) in [5, 5.41) is 0. The summed E-state index contributed by atoms with van der Waals surface area (Å²) in [4.78, 5) is 0. The molecule has 0 atom stereocenters. The molecule has 0 aliphatic carbocycles. The molecule has 0 aromatic rings. The molecule has 0 unspecified atom stereocenters. The molecule has 0 bridgehead atoms. The Morgan fingerprint density at radius 2 is 1.00 bits per heavy atom. The molecule has 5 heteroatoms. The zero-order valence-corrected chi connectivity index (χ0v) is 5.84. The molecule has 0 fully saturated rings. The van der Waals surface area contributed by atoms with Crippen LogP contribution in [0, 0.1) is 0 Å². The van der Waals surface area contributed by atoms with E-state index in [0.717, 1.165) is 0 Å². The topological polar surface area (TPSA) is 98.0 Å². The summed E-state index contributed by atoms with van der Waals surface area (Å²) in [5.74, 6) is 0. The van der Waals surface area contributed by atoms with Gasteiger partial charge in [-0.05, 0) is 0 Å². The fraction of sp³-hybridized carbons (Fsp3) is 0. The molecule has 0 aliphatic heterocycles. The van der Waals surface area contributed by atoms with Gasteiger partial charge in [0.1, 0.15) is 0 Å². The first-order valence-electron chi connectivity index (χ1n) is 0. The molecular weight excluding hydrogens is 97.3 g/mol. The summed E-state index contributed by atoms with van der Waals surface area (Å²) >= 11 is 0. The van der Waals surface area contributed by atoms with Gasteiger partial charge in [-0.2, -0.15) is 0 Å². The molecule has 5 heavy (non-hydrogen) atoms. The van der Waals surface area contributed by atoms with Crippen LogP contribution in [0.25, 0.3) is 0 Å². The van der Waals surface area contributed by atoms with Crippen molar-refractivity contribution >= 4 is 40.4 Å². The number of hydrogen-bond acceptors (Lipinski definition) is 0. The first-order valence-corrected chi connectivity index (χ1v) is 0. The fourth-order valence-corrected chi connectivity index (χ4v) is 0. The minimum Gasteiger partial charge on any atom is -2.00 e. The van der Waals surface area contributed by atoms with E-state index >= 15 is 0 Å². The van der Waals surface area contributed by atoms with E-state index in [1.165, 1.54) is 0 Å². The van der Waals surface area contributed by atoms with Gasteiger partial charge in [-0.1, -0.05) is 0 Å². The third kappa shape index (κ3) is 37.7. The van der Waals surface area contributed by atoms with Crippen LogP contribution in [0.4, 0.5) is 0 Å². The molecule has 0 radical (unpaired) electrons. The Labute approximate surface area is 57.6 Å². The molecular formula is H7AlMgNO2+5. The van der Waals surface area contributed by atoms with Gasteiger partial charge in [0.2, 0.25) is 0 Å². The second kappa shape index (κ2) is 65.1. The molecule has 7 N–H and O–H groups in total. The van der Waals surface area contributed by atoms with Crippen molar-refractivity contribution in [2.75, 3.05) is 0 Å². The van der Waals surface area contributed by atoms with E-state index in [1.807, 2.05) is 0 Å². The van der Waals surface area contributed by atoms with Crippen molar-refractivity contribution in [1.82, 2.24) is 6.15 Å². The standard InChI is InChI=1S/Al.Mg.H3N.H2O.O/h;;1H3;1H2;/q+3;+2;;;-2/p+2. The average molecular weight is 104 g/mol. The number of hydrogen-bond donors (Lipinski definition) is 1. The molecule has 0 rings (SSSR count). The molecule has 0 amide bonds. The minimum absolute atomic E-state index is 0. The summed E-state index contributed by atoms with van der Waals surface area (Å²) in [7, 11) is 0. The Kier molecular flexibility index (Phi) is 1550. The van der Waals surface area contributed by atoms with Crippen LogP contribution in [-0.4, -0.2) is 40.4 Å². The Morgan fingerprint density at radius 1 is 1.00 bits per heavy atom. The predicted molar refractivity (Wildman–Crippen MR) is 23.1 cm³/mol. The molecule has 24 valence electrons. The van der Waals surface area contributed by atoms with Crippen LogP contribution in [0.3, 0.4) is 0 Å². The van der Waals surface area contributed by atoms with Gasteiger partial charge in [0, 0.05) is 0 Å². The van der Waals surface area contributed by atoms with E-state index in [2.05, 4.69) is 0 Å². The molecule has 0 spiro atoms. The van der Waals surface area contributed by atoms with Crippen LogP contribution in [0.2, 0.25) is 0 Å². The van der Waals surface area contributed by atoms with Crippen molar-refractivity contribution in [3.63, 3.8) is 0 Å². The predicted octanol–water partition coefficient (Wildman–Crippen LogP) is -1.43. The van der Waals surface area contributed by atoms with Crippen molar-refractivity contribution in [1.29, 1.82) is 0 Å². The third-order valence-electron chi connectivity index (χ3n) is 0. The fourth-order valence-electron chi connectivity index (χ4n) is 0. The van der Waals surface area contributed by atoms with Crippen LogP contribution in [-0.2, 0) is 11.0 Å². The second-order valence-corrected chi connectivity index (χ2v) is 0. The molecule has 0 aliphatic rings. The Bertz CT molecular complexity index is 9.61. The Hall–Kier alpha value is 1.18. The second-order valence-electron chi connectivity index (χ2n) is 0. The van der Waals surface area contributed by atoms with E-state index in [0.29, 0.717) is 0 Å². The van der Waals surface area contributed by atoms with Crippen molar-refractivity contribution in [2.45, 2.75) is 0 Å². The van der Waals surface area contributed by atoms with E-state index in [1.54, 1.807) is 0 Å². The van der Waals surface area contributed by atoms with Gasteiger partial charge in [-0.15, -0.1) is 0 Å². The van der Waals surface area contributed by atoms with Crippen LogP contribution in [0.5, 0.6) is 0 Å². The largest absolute Gasteiger partial charge is 3.00 e. The molecule has 0 saturated heterocycles. The van der Waals surface area contributed by atoms with Crippen LogP contribution in [0.15, 0.2) is 0 Å². The summed E-state index contributed by atoms with van der Waals surface area (Å²) in [6.45, 7) is 0. The quantitative estimate of drug-likeness (QED) is 0.288. The molecule has 0 aromatic carbocycles. The number of rotatable bonds is 0. The van der Waals surface area contributed by atoms with E-state index < -0.39 is 0 Å². The first kappa shape index (κ1) is 119. The van der Waals surface area contributed by atoms with Gasteiger partial charge in [-0.3, -0.25) is 0 Å². The maximum atomic E-state index is 0. The zero-order valence-electron chi connectivity index (χ0n) is 3.27. The van der Waals surface area contributed by atoms with Gasteiger partial charge in [0.05, 0.1) is 0 Å². The van der Waals surface area contributed by atoms with Gasteiger partial charge < -0.3 is 17.1 Å². The maximum absolute atomic E-state index is 0. The van der Waals surface area contributed by atoms with Gasteiger partial charge in [0.15, 0.2) is 0 Å². The van der Waals surface area contributed by atoms with E-state index in [-0.39, 0.29) is 57.5 Å². The Balaban J connectivity index is 0. The van der Waals surface area contributed by atoms with Crippen LogP contribution in [0.1, 0.15) is 0 Å². The average Bonchev–Trinajstić information content (AvgIpc) is 0. The molecule has 3 nitrogen and oxygen atoms in total. The normalized spacial score (nSPS) is 0. The number of quaternary nitrogens is 1. The molecule has 0 heterocycles. The maximum Gasteiger partial charge on any atom is 3.00 e.